The monoisotopic (exact) mass is 839 g/mol. The molecule has 7 N–H and O–H groups in total. The van der Waals surface area contributed by atoms with Crippen LogP contribution in [0.2, 0.25) is 0 Å². The maximum absolute atomic E-state index is 14.5. The molecule has 0 spiro atoms. The summed E-state index contributed by atoms with van der Waals surface area (Å²) in [6, 6.07) is 8.50. The zero-order valence-corrected chi connectivity index (χ0v) is 34.5. The van der Waals surface area contributed by atoms with E-state index in [-0.39, 0.29) is 47.6 Å². The molecule has 2 aliphatic heterocycles. The fourth-order valence-corrected chi connectivity index (χ4v) is 9.12. The lowest BCUT2D eigenvalue weighted by Gasteiger charge is -2.40. The molecule has 2 saturated heterocycles. The normalized spacial score (nSPS) is 22.3. The minimum Gasteiger partial charge on any atom is -0.370 e. The van der Waals surface area contributed by atoms with Gasteiger partial charge in [0.1, 0.15) is 23.8 Å². The minimum atomic E-state index is -4.05. The Morgan fingerprint density at radius 3 is 2.33 bits per heavy atom. The summed E-state index contributed by atoms with van der Waals surface area (Å²) in [5.41, 5.74) is 5.03. The van der Waals surface area contributed by atoms with Crippen molar-refractivity contribution in [2.45, 2.75) is 99.4 Å². The molecule has 3 aromatic rings. The number of carbonyl (C=O) groups excluding carboxylic acids is 6. The van der Waals surface area contributed by atoms with E-state index in [0.717, 1.165) is 12.9 Å². The summed E-state index contributed by atoms with van der Waals surface area (Å²) < 4.78 is 36.0. The second-order valence-corrected chi connectivity index (χ2v) is 20.2. The van der Waals surface area contributed by atoms with Crippen LogP contribution in [0.25, 0.3) is 10.9 Å². The molecule has 312 valence electrons. The molecule has 58 heavy (non-hydrogen) atoms. The third-order valence-corrected chi connectivity index (χ3v) is 13.4. The number of nitrogens with one attached hydrogen (secondary N) is 4. The Balaban J connectivity index is 1.20. The number of nitrogens with zero attached hydrogens (tertiary/aromatic N) is 2. The summed E-state index contributed by atoms with van der Waals surface area (Å²) in [6.07, 6.45) is 3.33. The van der Waals surface area contributed by atoms with Gasteiger partial charge >= 0.3 is 0 Å². The molecule has 3 fully saturated rings. The first-order valence-corrected chi connectivity index (χ1v) is 23.2. The van der Waals surface area contributed by atoms with Gasteiger partial charge in [-0.3, -0.25) is 38.2 Å². The van der Waals surface area contributed by atoms with E-state index in [1.165, 1.54) is 41.3 Å². The van der Waals surface area contributed by atoms with Crippen LogP contribution in [-0.4, -0.2) is 119 Å². The molecule has 5 amide bonds. The first kappa shape index (κ1) is 42.7. The Hall–Kier alpha value is -4.90. The predicted octanol–water partition coefficient (Wildman–Crippen LogP) is 1.74. The van der Waals surface area contributed by atoms with E-state index in [9.17, 15) is 46.6 Å². The molecule has 1 aliphatic carbocycles. The lowest BCUT2D eigenvalue weighted by atomic mass is 10.0. The van der Waals surface area contributed by atoms with Crippen molar-refractivity contribution in [2.75, 3.05) is 26.0 Å². The third kappa shape index (κ3) is 9.35. The van der Waals surface area contributed by atoms with Gasteiger partial charge in [0.2, 0.25) is 29.2 Å². The van der Waals surface area contributed by atoms with Crippen LogP contribution in [0.3, 0.4) is 0 Å². The number of amides is 5. The standard InChI is InChI=1S/C39H50N7O10PS/c1-22(2)45-18-15-26-8-13-32(36(50)42-29(12-14-33(40)47)35(49)44-39(16-17-39)25-6-9-27(10-7-25)58(4,55)56)46(26)37(51)31(21-45)43-34(48)30-20-24-19-23(5-11-28(24)41-30)38(52)57(3,53)54/h5-7,9-11,19-20,22,26,29,31-32,41H,8,12-18,21H2,1-4H3,(H2,40,47)(H,42,50)(H,43,48)(H,44,49)(H,53,54)/t26-,29+,31+,32+/m1/s1. The number of rotatable bonds is 14. The molecule has 0 bridgehead atoms. The minimum absolute atomic E-state index is 0.0153. The molecule has 5 atom stereocenters. The van der Waals surface area contributed by atoms with Crippen molar-refractivity contribution < 1.29 is 46.6 Å². The van der Waals surface area contributed by atoms with E-state index >= 15 is 0 Å². The quantitative estimate of drug-likeness (QED) is 0.128. The van der Waals surface area contributed by atoms with Crippen molar-refractivity contribution in [1.29, 1.82) is 0 Å². The van der Waals surface area contributed by atoms with Gasteiger partial charge < -0.3 is 36.5 Å². The smallest absolute Gasteiger partial charge is 0.268 e. The Kier molecular flexibility index (Phi) is 12.1. The maximum atomic E-state index is 14.5. The van der Waals surface area contributed by atoms with Gasteiger partial charge in [0.25, 0.3) is 13.3 Å². The molecule has 3 aliphatic rings. The highest BCUT2D eigenvalue weighted by Crippen LogP contribution is 2.46. The Morgan fingerprint density at radius 2 is 1.72 bits per heavy atom. The molecular formula is C39H50N7O10PS. The van der Waals surface area contributed by atoms with Crippen LogP contribution in [0.4, 0.5) is 0 Å². The first-order chi connectivity index (χ1) is 27.2. The number of hydrogen-bond acceptors (Lipinski definition) is 10. The number of carbonyl (C=O) groups is 6. The van der Waals surface area contributed by atoms with Crippen LogP contribution in [0.15, 0.2) is 53.4 Å². The van der Waals surface area contributed by atoms with Gasteiger partial charge in [-0.05, 0) is 94.3 Å². The number of nitrogens with two attached hydrogens (primary N) is 1. The maximum Gasteiger partial charge on any atom is 0.268 e. The molecule has 17 nitrogen and oxygen atoms in total. The van der Waals surface area contributed by atoms with E-state index in [2.05, 4.69) is 25.8 Å². The lowest BCUT2D eigenvalue weighted by molar-refractivity contribution is -0.144. The molecule has 1 saturated carbocycles. The number of H-pyrrole nitrogens is 1. The third-order valence-electron chi connectivity index (χ3n) is 11.3. The molecule has 3 heterocycles. The molecule has 6 rings (SSSR count). The van der Waals surface area contributed by atoms with Gasteiger partial charge in [0.15, 0.2) is 9.84 Å². The number of primary amides is 1. The van der Waals surface area contributed by atoms with E-state index in [1.807, 2.05) is 13.8 Å². The zero-order chi connectivity index (χ0) is 42.3. The van der Waals surface area contributed by atoms with Gasteiger partial charge in [0.05, 0.1) is 10.4 Å². The first-order valence-electron chi connectivity index (χ1n) is 19.2. The second kappa shape index (κ2) is 16.4. The summed E-state index contributed by atoms with van der Waals surface area (Å²) in [4.78, 5) is 97.0. The fourth-order valence-electron chi connectivity index (χ4n) is 7.87. The van der Waals surface area contributed by atoms with Crippen molar-refractivity contribution in [3.63, 3.8) is 0 Å². The van der Waals surface area contributed by atoms with E-state index < -0.39 is 75.9 Å². The second-order valence-electron chi connectivity index (χ2n) is 16.0. The summed E-state index contributed by atoms with van der Waals surface area (Å²) in [6.45, 7) is 5.66. The van der Waals surface area contributed by atoms with Crippen molar-refractivity contribution in [1.82, 2.24) is 30.7 Å². The number of fused-ring (bicyclic) bond motifs is 2. The zero-order valence-electron chi connectivity index (χ0n) is 32.8. The highest BCUT2D eigenvalue weighted by molar-refractivity contribution is 7.90. The topological polar surface area (TPSA) is 258 Å². The molecule has 19 heteroatoms. The Bertz CT molecular complexity index is 2300. The van der Waals surface area contributed by atoms with Crippen LogP contribution in [0.5, 0.6) is 0 Å². The average molecular weight is 840 g/mol. The SMILES string of the molecule is CC(C)N1CC[C@H]2CC[C@@H](C(=O)N[C@@H](CCC(N)=O)C(=O)NC3(c4ccc(S(C)(=O)=O)cc4)CC3)N2C(=O)[C@@H](NC(=O)c2cc3cc(C(=O)P(C)(=O)O)ccc3[nH]2)C1. The molecule has 0 radical (unpaired) electrons. The van der Waals surface area contributed by atoms with E-state index in [0.29, 0.717) is 55.1 Å². The fraction of sp³-hybridized carbons (Fsp3) is 0.487. The highest BCUT2D eigenvalue weighted by Gasteiger charge is 2.48. The Morgan fingerprint density at radius 1 is 1.03 bits per heavy atom. The number of hydrogen-bond donors (Lipinski definition) is 6. The van der Waals surface area contributed by atoms with E-state index in [1.54, 1.807) is 12.1 Å². The molecular weight excluding hydrogens is 790 g/mol. The van der Waals surface area contributed by atoms with E-state index in [4.69, 9.17) is 5.73 Å². The van der Waals surface area contributed by atoms with Crippen LogP contribution in [0, 0.1) is 0 Å². The highest BCUT2D eigenvalue weighted by atomic mass is 32.2. The summed E-state index contributed by atoms with van der Waals surface area (Å²) in [5, 5.41) is 9.08. The number of aromatic amines is 1. The van der Waals surface area contributed by atoms with Crippen molar-refractivity contribution in [2.24, 2.45) is 5.73 Å². The van der Waals surface area contributed by atoms with Crippen LogP contribution >= 0.6 is 7.37 Å². The lowest BCUT2D eigenvalue weighted by Crippen LogP contribution is -2.62. The molecule has 1 unspecified atom stereocenters. The van der Waals surface area contributed by atoms with Crippen molar-refractivity contribution in [3.05, 3.63) is 65.4 Å². The van der Waals surface area contributed by atoms with Crippen LogP contribution < -0.4 is 21.7 Å². The number of benzene rings is 2. The van der Waals surface area contributed by atoms with Crippen LogP contribution in [-0.2, 0) is 39.1 Å². The molecule has 1 aromatic heterocycles. The van der Waals surface area contributed by atoms with Gasteiger partial charge in [-0.1, -0.05) is 12.1 Å². The number of sulfone groups is 1. The van der Waals surface area contributed by atoms with Gasteiger partial charge in [-0.2, -0.15) is 0 Å². The summed E-state index contributed by atoms with van der Waals surface area (Å²) >= 11 is 0. The predicted molar refractivity (Wildman–Crippen MR) is 214 cm³/mol. The number of aromatic nitrogens is 1. The van der Waals surface area contributed by atoms with Gasteiger partial charge in [-0.25, -0.2) is 8.42 Å². The largest absolute Gasteiger partial charge is 0.370 e. The molecule has 2 aromatic carbocycles. The summed E-state index contributed by atoms with van der Waals surface area (Å²) in [5.74, 6) is -2.90. The van der Waals surface area contributed by atoms with Crippen LogP contribution in [0.1, 0.15) is 85.2 Å². The van der Waals surface area contributed by atoms with Crippen molar-refractivity contribution in [3.8, 4) is 0 Å². The average Bonchev–Trinajstić information content (AvgIpc) is 3.60. The summed E-state index contributed by atoms with van der Waals surface area (Å²) in [7, 11) is -7.48. The van der Waals surface area contributed by atoms with Gasteiger partial charge in [-0.15, -0.1) is 0 Å². The van der Waals surface area contributed by atoms with Gasteiger partial charge in [0, 0.05) is 61.0 Å². The van der Waals surface area contributed by atoms with Crippen molar-refractivity contribution >= 4 is 63.2 Å². The Labute approximate surface area is 336 Å².